The Hall–Kier alpha value is -2.56. The fourth-order valence-corrected chi connectivity index (χ4v) is 2.59. The molecule has 0 atom stereocenters. The van der Waals surface area contributed by atoms with Crippen molar-refractivity contribution >= 4 is 11.6 Å². The van der Waals surface area contributed by atoms with Gasteiger partial charge in [0.25, 0.3) is 5.91 Å². The van der Waals surface area contributed by atoms with E-state index in [1.54, 1.807) is 31.5 Å². The Bertz CT molecular complexity index is 685. The van der Waals surface area contributed by atoms with E-state index in [1.807, 2.05) is 17.0 Å². The lowest BCUT2D eigenvalue weighted by atomic mass is 10.0. The number of ether oxygens (including phenoxy) is 1. The minimum Gasteiger partial charge on any atom is -0.496 e. The minimum absolute atomic E-state index is 0.0404. The van der Waals surface area contributed by atoms with Crippen molar-refractivity contribution in [3.05, 3.63) is 53.3 Å². The quantitative estimate of drug-likeness (QED) is 0.854. The van der Waals surface area contributed by atoms with Gasteiger partial charge < -0.3 is 15.4 Å². The van der Waals surface area contributed by atoms with Crippen LogP contribution < -0.4 is 10.5 Å². The van der Waals surface area contributed by atoms with Gasteiger partial charge in [0.1, 0.15) is 5.75 Å². The molecular formula is C16H17N3O2. The maximum absolute atomic E-state index is 12.7. The van der Waals surface area contributed by atoms with Crippen LogP contribution in [-0.2, 0) is 13.0 Å². The van der Waals surface area contributed by atoms with Crippen LogP contribution in [0, 0.1) is 0 Å². The Morgan fingerprint density at radius 2 is 2.24 bits per heavy atom. The summed E-state index contributed by atoms with van der Waals surface area (Å²) in [5, 5.41) is 0. The Morgan fingerprint density at radius 1 is 1.38 bits per heavy atom. The van der Waals surface area contributed by atoms with E-state index in [4.69, 9.17) is 10.5 Å². The predicted molar refractivity (Wildman–Crippen MR) is 80.1 cm³/mol. The number of fused-ring (bicyclic) bond motifs is 1. The molecular weight excluding hydrogens is 266 g/mol. The van der Waals surface area contributed by atoms with Gasteiger partial charge in [-0.3, -0.25) is 9.78 Å². The van der Waals surface area contributed by atoms with Crippen LogP contribution >= 0.6 is 0 Å². The first-order chi connectivity index (χ1) is 10.2. The molecule has 0 spiro atoms. The number of carbonyl (C=O) groups excluding carboxylic acids is 1. The zero-order valence-corrected chi connectivity index (χ0v) is 11.9. The average Bonchev–Trinajstić information content (AvgIpc) is 2.53. The second kappa shape index (κ2) is 5.44. The predicted octanol–water partition coefficient (Wildman–Crippen LogP) is 1.87. The molecule has 0 saturated heterocycles. The molecule has 0 radical (unpaired) electrons. The van der Waals surface area contributed by atoms with Gasteiger partial charge in [-0.2, -0.15) is 0 Å². The summed E-state index contributed by atoms with van der Waals surface area (Å²) in [5.41, 5.74) is 9.03. The number of rotatable bonds is 2. The summed E-state index contributed by atoms with van der Waals surface area (Å²) < 4.78 is 5.27. The van der Waals surface area contributed by atoms with Crippen molar-refractivity contribution < 1.29 is 9.53 Å². The number of methoxy groups -OCH3 is 1. The lowest BCUT2D eigenvalue weighted by molar-refractivity contribution is 0.0730. The Labute approximate surface area is 123 Å². The highest BCUT2D eigenvalue weighted by Crippen LogP contribution is 2.25. The van der Waals surface area contributed by atoms with Gasteiger partial charge >= 0.3 is 0 Å². The van der Waals surface area contributed by atoms with Gasteiger partial charge in [-0.25, -0.2) is 0 Å². The van der Waals surface area contributed by atoms with E-state index in [2.05, 4.69) is 4.98 Å². The fraction of sp³-hybridized carbons (Fsp3) is 0.250. The van der Waals surface area contributed by atoms with Gasteiger partial charge in [0.15, 0.2) is 0 Å². The van der Waals surface area contributed by atoms with E-state index in [-0.39, 0.29) is 5.91 Å². The average molecular weight is 283 g/mol. The third-order valence-electron chi connectivity index (χ3n) is 3.71. The number of amides is 1. The molecule has 0 unspecified atom stereocenters. The summed E-state index contributed by atoms with van der Waals surface area (Å²) in [6.07, 6.45) is 2.57. The smallest absolute Gasteiger partial charge is 0.257 e. The molecule has 1 aliphatic heterocycles. The molecule has 5 nitrogen and oxygen atoms in total. The summed E-state index contributed by atoms with van der Waals surface area (Å²) in [4.78, 5) is 18.9. The molecule has 1 aromatic carbocycles. The van der Waals surface area contributed by atoms with E-state index in [0.717, 1.165) is 17.7 Å². The number of benzene rings is 1. The molecule has 0 bridgehead atoms. The Kier molecular flexibility index (Phi) is 3.48. The lowest BCUT2D eigenvalue weighted by Gasteiger charge is -2.28. The number of anilines is 1. The second-order valence-corrected chi connectivity index (χ2v) is 5.05. The van der Waals surface area contributed by atoms with Crippen LogP contribution in [0.2, 0.25) is 0 Å². The Morgan fingerprint density at radius 3 is 3.05 bits per heavy atom. The van der Waals surface area contributed by atoms with Crippen molar-refractivity contribution in [2.24, 2.45) is 0 Å². The van der Waals surface area contributed by atoms with Crippen LogP contribution in [0.1, 0.15) is 21.6 Å². The first-order valence-corrected chi connectivity index (χ1v) is 6.84. The molecule has 5 heteroatoms. The summed E-state index contributed by atoms with van der Waals surface area (Å²) in [5.74, 6) is 0.471. The molecule has 0 aliphatic carbocycles. The monoisotopic (exact) mass is 283 g/mol. The zero-order chi connectivity index (χ0) is 14.8. The highest BCUT2D eigenvalue weighted by Gasteiger charge is 2.24. The largest absolute Gasteiger partial charge is 0.496 e. The van der Waals surface area contributed by atoms with Crippen molar-refractivity contribution in [2.75, 3.05) is 19.4 Å². The maximum atomic E-state index is 12.7. The first kappa shape index (κ1) is 13.4. The van der Waals surface area contributed by atoms with Crippen LogP contribution in [0.3, 0.4) is 0 Å². The molecule has 0 fully saturated rings. The van der Waals surface area contributed by atoms with Crippen LogP contribution in [-0.4, -0.2) is 29.4 Å². The number of hydrogen-bond donors (Lipinski definition) is 1. The van der Waals surface area contributed by atoms with Crippen LogP contribution in [0.5, 0.6) is 5.75 Å². The minimum atomic E-state index is -0.0404. The Balaban J connectivity index is 1.87. The van der Waals surface area contributed by atoms with Crippen molar-refractivity contribution in [3.63, 3.8) is 0 Å². The lowest BCUT2D eigenvalue weighted by Crippen LogP contribution is -2.36. The van der Waals surface area contributed by atoms with Crippen LogP contribution in [0.4, 0.5) is 5.69 Å². The number of hydrogen-bond acceptors (Lipinski definition) is 4. The van der Waals surface area contributed by atoms with Crippen molar-refractivity contribution in [2.45, 2.75) is 13.0 Å². The van der Waals surface area contributed by atoms with Gasteiger partial charge in [0, 0.05) is 43.2 Å². The highest BCUT2D eigenvalue weighted by atomic mass is 16.5. The molecule has 1 aromatic heterocycles. The number of pyridine rings is 1. The summed E-state index contributed by atoms with van der Waals surface area (Å²) in [6, 6.07) is 9.02. The highest BCUT2D eigenvalue weighted by molar-refractivity contribution is 5.97. The number of nitrogens with zero attached hydrogens (tertiary/aromatic N) is 2. The first-order valence-electron chi connectivity index (χ1n) is 6.84. The normalized spacial score (nSPS) is 13.7. The summed E-state index contributed by atoms with van der Waals surface area (Å²) in [7, 11) is 1.54. The third-order valence-corrected chi connectivity index (χ3v) is 3.71. The molecule has 21 heavy (non-hydrogen) atoms. The number of nitrogens with two attached hydrogens (primary N) is 1. The maximum Gasteiger partial charge on any atom is 0.257 e. The van der Waals surface area contributed by atoms with Gasteiger partial charge in [0.05, 0.1) is 12.7 Å². The van der Waals surface area contributed by atoms with Gasteiger partial charge in [-0.05, 0) is 23.8 Å². The van der Waals surface area contributed by atoms with Crippen LogP contribution in [0.25, 0.3) is 0 Å². The van der Waals surface area contributed by atoms with Gasteiger partial charge in [-0.1, -0.05) is 6.07 Å². The molecule has 2 N–H and O–H groups in total. The third kappa shape index (κ3) is 2.54. The SMILES string of the molecule is COc1cc(N)ccc1C(=O)N1CCc2ncccc2C1. The van der Waals surface area contributed by atoms with E-state index in [9.17, 15) is 4.79 Å². The fourth-order valence-electron chi connectivity index (χ4n) is 2.59. The van der Waals surface area contributed by atoms with Gasteiger partial charge in [-0.15, -0.1) is 0 Å². The van der Waals surface area contributed by atoms with E-state index >= 15 is 0 Å². The zero-order valence-electron chi connectivity index (χ0n) is 11.9. The number of aromatic nitrogens is 1. The summed E-state index contributed by atoms with van der Waals surface area (Å²) in [6.45, 7) is 1.24. The second-order valence-electron chi connectivity index (χ2n) is 5.05. The molecule has 1 aliphatic rings. The van der Waals surface area contributed by atoms with Crippen molar-refractivity contribution in [1.29, 1.82) is 0 Å². The molecule has 108 valence electrons. The van der Waals surface area contributed by atoms with Crippen molar-refractivity contribution in [3.8, 4) is 5.75 Å². The van der Waals surface area contributed by atoms with E-state index in [1.165, 1.54) is 0 Å². The topological polar surface area (TPSA) is 68.5 Å². The number of carbonyl (C=O) groups is 1. The van der Waals surface area contributed by atoms with Gasteiger partial charge in [0.2, 0.25) is 0 Å². The van der Waals surface area contributed by atoms with E-state index in [0.29, 0.717) is 30.1 Å². The molecule has 3 rings (SSSR count). The van der Waals surface area contributed by atoms with Crippen molar-refractivity contribution in [1.82, 2.24) is 9.88 Å². The standard InChI is InChI=1S/C16H17N3O2/c1-21-15-9-12(17)4-5-13(15)16(20)19-8-6-14-11(10-19)3-2-7-18-14/h2-5,7,9H,6,8,10,17H2,1H3. The molecule has 2 heterocycles. The molecule has 2 aromatic rings. The van der Waals surface area contributed by atoms with Crippen LogP contribution in [0.15, 0.2) is 36.5 Å². The van der Waals surface area contributed by atoms with E-state index < -0.39 is 0 Å². The summed E-state index contributed by atoms with van der Waals surface area (Å²) >= 11 is 0. The molecule has 1 amide bonds. The number of nitrogen functional groups attached to an aromatic ring is 1. The molecule has 0 saturated carbocycles.